The number of hydrogen-bond acceptors (Lipinski definition) is 4. The smallest absolute Gasteiger partial charge is 0.157 e. The summed E-state index contributed by atoms with van der Waals surface area (Å²) < 4.78 is 5.56. The number of para-hydroxylation sites is 1. The summed E-state index contributed by atoms with van der Waals surface area (Å²) in [4.78, 5) is 4.22. The number of nitrogen functional groups attached to an aromatic ring is 1. The summed E-state index contributed by atoms with van der Waals surface area (Å²) in [5, 5.41) is 0.936. The van der Waals surface area contributed by atoms with Gasteiger partial charge in [-0.15, -0.1) is 0 Å². The summed E-state index contributed by atoms with van der Waals surface area (Å²) in [5.74, 6) is 6.30. The molecule has 1 aromatic carbocycles. The van der Waals surface area contributed by atoms with Crippen LogP contribution < -0.4 is 16.0 Å². The average molecular weight is 284 g/mol. The summed E-state index contributed by atoms with van der Waals surface area (Å²) in [6.07, 6.45) is 0. The van der Waals surface area contributed by atoms with Crippen molar-refractivity contribution in [3.8, 4) is 5.75 Å². The number of hydrazine groups is 1. The van der Waals surface area contributed by atoms with Gasteiger partial charge < -0.3 is 10.2 Å². The molecule has 1 heterocycles. The van der Waals surface area contributed by atoms with Crippen LogP contribution in [0.1, 0.15) is 5.69 Å². The molecule has 0 bridgehead atoms. The quantitative estimate of drug-likeness (QED) is 0.668. The van der Waals surface area contributed by atoms with Gasteiger partial charge in [0.15, 0.2) is 5.75 Å². The molecule has 0 amide bonds. The Morgan fingerprint density at radius 2 is 1.78 bits per heavy atom. The standard InChI is InChI=1S/C12H11Cl2N3O/c13-9-4-2-5-10(14)12(9)18-7-8-3-1-6-11(16-8)17-15/h1-6H,7,15H2,(H,16,17). The van der Waals surface area contributed by atoms with Gasteiger partial charge in [0.25, 0.3) is 0 Å². The van der Waals surface area contributed by atoms with Gasteiger partial charge in [-0.3, -0.25) is 0 Å². The fourth-order valence-electron chi connectivity index (χ4n) is 1.41. The van der Waals surface area contributed by atoms with Crippen molar-refractivity contribution in [3.63, 3.8) is 0 Å². The topological polar surface area (TPSA) is 60.2 Å². The van der Waals surface area contributed by atoms with Crippen LogP contribution in [-0.2, 0) is 6.61 Å². The van der Waals surface area contributed by atoms with Gasteiger partial charge in [-0.1, -0.05) is 35.3 Å². The van der Waals surface area contributed by atoms with E-state index >= 15 is 0 Å². The number of ether oxygens (including phenoxy) is 1. The third-order valence-corrected chi connectivity index (χ3v) is 2.83. The van der Waals surface area contributed by atoms with E-state index in [0.29, 0.717) is 21.6 Å². The minimum absolute atomic E-state index is 0.263. The van der Waals surface area contributed by atoms with E-state index in [9.17, 15) is 0 Å². The van der Waals surface area contributed by atoms with Crippen molar-refractivity contribution in [2.45, 2.75) is 6.61 Å². The summed E-state index contributed by atoms with van der Waals surface area (Å²) in [6, 6.07) is 10.6. The van der Waals surface area contributed by atoms with E-state index in [1.165, 1.54) is 0 Å². The molecule has 0 spiro atoms. The highest BCUT2D eigenvalue weighted by atomic mass is 35.5. The molecule has 3 N–H and O–H groups in total. The molecule has 0 aliphatic heterocycles. The Labute approximate surface area is 115 Å². The van der Waals surface area contributed by atoms with E-state index in [2.05, 4.69) is 10.4 Å². The second-order valence-corrected chi connectivity index (χ2v) is 4.31. The third kappa shape index (κ3) is 3.04. The lowest BCUT2D eigenvalue weighted by molar-refractivity contribution is 0.302. The number of aromatic nitrogens is 1. The normalized spacial score (nSPS) is 10.2. The molecule has 0 aliphatic rings. The van der Waals surface area contributed by atoms with Crippen LogP contribution >= 0.6 is 23.2 Å². The zero-order valence-corrected chi connectivity index (χ0v) is 10.9. The maximum atomic E-state index is 5.99. The van der Waals surface area contributed by atoms with Gasteiger partial charge in [-0.25, -0.2) is 10.8 Å². The molecule has 0 unspecified atom stereocenters. The van der Waals surface area contributed by atoms with Gasteiger partial charge in [-0.2, -0.15) is 0 Å². The van der Waals surface area contributed by atoms with Gasteiger partial charge in [0.1, 0.15) is 12.4 Å². The highest BCUT2D eigenvalue weighted by Crippen LogP contribution is 2.32. The lowest BCUT2D eigenvalue weighted by Gasteiger charge is -2.09. The van der Waals surface area contributed by atoms with Crippen molar-refractivity contribution >= 4 is 29.0 Å². The molecule has 2 rings (SSSR count). The highest BCUT2D eigenvalue weighted by Gasteiger charge is 2.07. The van der Waals surface area contributed by atoms with E-state index in [4.69, 9.17) is 33.8 Å². The molecule has 1 aromatic heterocycles. The first-order valence-corrected chi connectivity index (χ1v) is 5.95. The number of rotatable bonds is 4. The second kappa shape index (κ2) is 5.91. The van der Waals surface area contributed by atoms with Crippen LogP contribution in [0.4, 0.5) is 5.82 Å². The Morgan fingerprint density at radius 3 is 2.44 bits per heavy atom. The molecule has 0 saturated heterocycles. The maximum absolute atomic E-state index is 5.99. The van der Waals surface area contributed by atoms with E-state index in [1.807, 2.05) is 12.1 Å². The summed E-state index contributed by atoms with van der Waals surface area (Å²) in [5.41, 5.74) is 3.19. The van der Waals surface area contributed by atoms with E-state index < -0.39 is 0 Å². The monoisotopic (exact) mass is 283 g/mol. The van der Waals surface area contributed by atoms with Gasteiger partial charge >= 0.3 is 0 Å². The van der Waals surface area contributed by atoms with Crippen LogP contribution in [0.15, 0.2) is 36.4 Å². The molecule has 4 nitrogen and oxygen atoms in total. The number of anilines is 1. The number of nitrogens with one attached hydrogen (secondary N) is 1. The Bertz CT molecular complexity index is 528. The fraction of sp³-hybridized carbons (Fsp3) is 0.0833. The lowest BCUT2D eigenvalue weighted by Crippen LogP contribution is -2.09. The predicted octanol–water partition coefficient (Wildman–Crippen LogP) is 3.25. The van der Waals surface area contributed by atoms with E-state index in [1.54, 1.807) is 24.3 Å². The Morgan fingerprint density at radius 1 is 1.11 bits per heavy atom. The number of nitrogens with two attached hydrogens (primary N) is 1. The Kier molecular flexibility index (Phi) is 4.25. The predicted molar refractivity (Wildman–Crippen MR) is 72.8 cm³/mol. The molecule has 0 saturated carbocycles. The third-order valence-electron chi connectivity index (χ3n) is 2.24. The zero-order valence-electron chi connectivity index (χ0n) is 9.36. The molecule has 0 radical (unpaired) electrons. The molecule has 0 aliphatic carbocycles. The number of nitrogens with zero attached hydrogens (tertiary/aromatic N) is 1. The van der Waals surface area contributed by atoms with Crippen molar-refractivity contribution in [1.29, 1.82) is 0 Å². The number of benzene rings is 1. The number of hydrogen-bond donors (Lipinski definition) is 2. The van der Waals surface area contributed by atoms with Crippen molar-refractivity contribution in [3.05, 3.63) is 52.1 Å². The minimum atomic E-state index is 0.263. The molecule has 0 atom stereocenters. The van der Waals surface area contributed by atoms with Gasteiger partial charge in [0.2, 0.25) is 0 Å². The van der Waals surface area contributed by atoms with Crippen LogP contribution in [-0.4, -0.2) is 4.98 Å². The first-order chi connectivity index (χ1) is 8.70. The highest BCUT2D eigenvalue weighted by molar-refractivity contribution is 6.37. The van der Waals surface area contributed by atoms with Crippen molar-refractivity contribution in [2.75, 3.05) is 5.43 Å². The van der Waals surface area contributed by atoms with E-state index in [-0.39, 0.29) is 6.61 Å². The number of pyridine rings is 1. The van der Waals surface area contributed by atoms with E-state index in [0.717, 1.165) is 5.69 Å². The summed E-state index contributed by atoms with van der Waals surface area (Å²) >= 11 is 12.0. The van der Waals surface area contributed by atoms with Crippen LogP contribution in [0.5, 0.6) is 5.75 Å². The molecular formula is C12H11Cl2N3O. The van der Waals surface area contributed by atoms with Gasteiger partial charge in [0, 0.05) is 0 Å². The molecule has 2 aromatic rings. The van der Waals surface area contributed by atoms with Crippen molar-refractivity contribution < 1.29 is 4.74 Å². The minimum Gasteiger partial charge on any atom is -0.484 e. The first kappa shape index (κ1) is 13.0. The van der Waals surface area contributed by atoms with Crippen LogP contribution in [0, 0.1) is 0 Å². The maximum Gasteiger partial charge on any atom is 0.157 e. The SMILES string of the molecule is NNc1cccc(COc2c(Cl)cccc2Cl)n1. The summed E-state index contributed by atoms with van der Waals surface area (Å²) in [7, 11) is 0. The Balaban J connectivity index is 2.11. The van der Waals surface area contributed by atoms with Gasteiger partial charge in [0.05, 0.1) is 15.7 Å². The molecule has 6 heteroatoms. The second-order valence-electron chi connectivity index (χ2n) is 3.50. The van der Waals surface area contributed by atoms with Crippen LogP contribution in [0.3, 0.4) is 0 Å². The number of halogens is 2. The molecule has 0 fully saturated rings. The largest absolute Gasteiger partial charge is 0.484 e. The van der Waals surface area contributed by atoms with Gasteiger partial charge in [-0.05, 0) is 24.3 Å². The summed E-state index contributed by atoms with van der Waals surface area (Å²) in [6.45, 7) is 0.263. The van der Waals surface area contributed by atoms with Crippen molar-refractivity contribution in [2.24, 2.45) is 5.84 Å². The zero-order chi connectivity index (χ0) is 13.0. The molecular weight excluding hydrogens is 273 g/mol. The molecule has 18 heavy (non-hydrogen) atoms. The molecule has 94 valence electrons. The Hall–Kier alpha value is -1.49. The van der Waals surface area contributed by atoms with Crippen LogP contribution in [0.2, 0.25) is 10.0 Å². The average Bonchev–Trinajstić information content (AvgIpc) is 2.38. The first-order valence-electron chi connectivity index (χ1n) is 5.20. The lowest BCUT2D eigenvalue weighted by atomic mass is 10.3. The fourth-order valence-corrected chi connectivity index (χ4v) is 1.91. The van der Waals surface area contributed by atoms with Crippen LogP contribution in [0.25, 0.3) is 0 Å². The van der Waals surface area contributed by atoms with Crippen molar-refractivity contribution in [1.82, 2.24) is 4.98 Å².